The van der Waals surface area contributed by atoms with E-state index in [1.807, 2.05) is 0 Å². The van der Waals surface area contributed by atoms with Crippen LogP contribution in [0, 0.1) is 5.92 Å². The molecule has 1 amide bonds. The zero-order valence-corrected chi connectivity index (χ0v) is 13.5. The molecule has 20 heavy (non-hydrogen) atoms. The second-order valence-electron chi connectivity index (χ2n) is 4.84. The summed E-state index contributed by atoms with van der Waals surface area (Å²) in [5, 5.41) is 3.09. The van der Waals surface area contributed by atoms with Gasteiger partial charge in [-0.05, 0) is 30.7 Å². The lowest BCUT2D eigenvalue weighted by Crippen LogP contribution is -2.20. The minimum atomic E-state index is -1.17. The van der Waals surface area contributed by atoms with E-state index in [1.165, 1.54) is 18.4 Å². The number of carbonyl (C=O) groups excluding carboxylic acids is 2. The Balaban J connectivity index is 2.40. The molecule has 0 radical (unpaired) electrons. The molecule has 7 heteroatoms. The predicted octanol–water partition coefficient (Wildman–Crippen LogP) is 3.40. The van der Waals surface area contributed by atoms with E-state index in [4.69, 9.17) is 27.9 Å². The SMILES string of the molecule is COC(=O)c1c(NC(=O)C(Cl)Cl)sc2c1CCC(C)C2. The Bertz CT molecular complexity index is 542. The molecule has 2 rings (SSSR count). The van der Waals surface area contributed by atoms with Crippen LogP contribution < -0.4 is 5.32 Å². The third kappa shape index (κ3) is 3.10. The van der Waals surface area contributed by atoms with Crippen LogP contribution in [0.25, 0.3) is 0 Å². The Morgan fingerprint density at radius 3 is 2.75 bits per heavy atom. The topological polar surface area (TPSA) is 55.4 Å². The number of hydrogen-bond donors (Lipinski definition) is 1. The molecule has 1 N–H and O–H groups in total. The largest absolute Gasteiger partial charge is 0.465 e. The fraction of sp³-hybridized carbons (Fsp3) is 0.538. The van der Waals surface area contributed by atoms with Crippen LogP contribution >= 0.6 is 34.5 Å². The molecule has 0 saturated carbocycles. The summed E-state index contributed by atoms with van der Waals surface area (Å²) >= 11 is 12.5. The van der Waals surface area contributed by atoms with Crippen LogP contribution in [-0.4, -0.2) is 23.8 Å². The molecule has 4 nitrogen and oxygen atoms in total. The second kappa shape index (κ2) is 6.33. The van der Waals surface area contributed by atoms with E-state index in [9.17, 15) is 9.59 Å². The van der Waals surface area contributed by atoms with Crippen LogP contribution in [0.2, 0.25) is 0 Å². The van der Waals surface area contributed by atoms with Gasteiger partial charge in [-0.15, -0.1) is 11.3 Å². The van der Waals surface area contributed by atoms with Crippen LogP contribution in [0.15, 0.2) is 0 Å². The number of esters is 1. The number of alkyl halides is 2. The highest BCUT2D eigenvalue weighted by Crippen LogP contribution is 2.40. The van der Waals surface area contributed by atoms with E-state index in [-0.39, 0.29) is 0 Å². The van der Waals surface area contributed by atoms with Crippen molar-refractivity contribution in [3.8, 4) is 0 Å². The summed E-state index contributed by atoms with van der Waals surface area (Å²) in [5.41, 5.74) is 1.43. The number of halogens is 2. The maximum atomic E-state index is 12.0. The Kier molecular flexibility index (Phi) is 4.94. The van der Waals surface area contributed by atoms with Crippen molar-refractivity contribution in [3.05, 3.63) is 16.0 Å². The smallest absolute Gasteiger partial charge is 0.341 e. The Morgan fingerprint density at radius 1 is 1.45 bits per heavy atom. The third-order valence-electron chi connectivity index (χ3n) is 3.34. The van der Waals surface area contributed by atoms with Crippen LogP contribution in [0.5, 0.6) is 0 Å². The van der Waals surface area contributed by atoms with Crippen molar-refractivity contribution >= 4 is 51.4 Å². The number of amides is 1. The summed E-state index contributed by atoms with van der Waals surface area (Å²) < 4.78 is 4.82. The van der Waals surface area contributed by atoms with E-state index in [0.717, 1.165) is 29.7 Å². The standard InChI is InChI=1S/C13H15Cl2NO3S/c1-6-3-4-7-8(5-6)20-12(9(7)13(18)19-2)16-11(17)10(14)15/h6,10H,3-5H2,1-2H3,(H,16,17). The normalized spacial score (nSPS) is 17.8. The molecule has 0 saturated heterocycles. The molecular formula is C13H15Cl2NO3S. The molecular weight excluding hydrogens is 321 g/mol. The van der Waals surface area contributed by atoms with Crippen molar-refractivity contribution < 1.29 is 14.3 Å². The minimum absolute atomic E-state index is 0.437. The Labute approximate surface area is 131 Å². The summed E-state index contributed by atoms with van der Waals surface area (Å²) in [5.74, 6) is -0.401. The van der Waals surface area contributed by atoms with Gasteiger partial charge in [-0.25, -0.2) is 4.79 Å². The number of thiophene rings is 1. The molecule has 0 spiro atoms. The van der Waals surface area contributed by atoms with Gasteiger partial charge in [0.1, 0.15) is 5.00 Å². The lowest BCUT2D eigenvalue weighted by atomic mass is 9.88. The quantitative estimate of drug-likeness (QED) is 0.680. The second-order valence-corrected chi connectivity index (χ2v) is 7.04. The molecule has 0 aliphatic heterocycles. The van der Waals surface area contributed by atoms with Gasteiger partial charge in [-0.1, -0.05) is 30.1 Å². The number of rotatable bonds is 3. The zero-order chi connectivity index (χ0) is 14.9. The van der Waals surface area contributed by atoms with Crippen LogP contribution in [0.1, 0.15) is 34.1 Å². The maximum absolute atomic E-state index is 12.0. The first-order chi connectivity index (χ1) is 9.43. The van der Waals surface area contributed by atoms with Crippen molar-refractivity contribution in [3.63, 3.8) is 0 Å². The van der Waals surface area contributed by atoms with Crippen molar-refractivity contribution in [2.75, 3.05) is 12.4 Å². The molecule has 1 aromatic rings. The van der Waals surface area contributed by atoms with E-state index in [2.05, 4.69) is 12.2 Å². The van der Waals surface area contributed by atoms with Gasteiger partial charge in [0.05, 0.1) is 12.7 Å². The number of hydrogen-bond acceptors (Lipinski definition) is 4. The molecule has 1 atom stereocenters. The highest BCUT2D eigenvalue weighted by atomic mass is 35.5. The molecule has 1 aromatic heterocycles. The van der Waals surface area contributed by atoms with Gasteiger partial charge in [0, 0.05) is 4.88 Å². The minimum Gasteiger partial charge on any atom is -0.465 e. The first-order valence-corrected chi connectivity index (χ1v) is 7.94. The molecule has 1 unspecified atom stereocenters. The van der Waals surface area contributed by atoms with Crippen LogP contribution in [-0.2, 0) is 22.4 Å². The fourth-order valence-electron chi connectivity index (χ4n) is 2.32. The monoisotopic (exact) mass is 335 g/mol. The summed E-state index contributed by atoms with van der Waals surface area (Å²) in [6.07, 6.45) is 2.75. The number of nitrogens with one attached hydrogen (secondary N) is 1. The summed E-state index contributed by atoms with van der Waals surface area (Å²) in [6, 6.07) is 0. The average Bonchev–Trinajstić information content (AvgIpc) is 2.74. The number of fused-ring (bicyclic) bond motifs is 1. The Hall–Kier alpha value is -0.780. The highest BCUT2D eigenvalue weighted by molar-refractivity contribution is 7.17. The van der Waals surface area contributed by atoms with Gasteiger partial charge in [0.2, 0.25) is 0 Å². The fourth-order valence-corrected chi connectivity index (χ4v) is 3.83. The molecule has 0 bridgehead atoms. The molecule has 0 fully saturated rings. The lowest BCUT2D eigenvalue weighted by Gasteiger charge is -2.18. The van der Waals surface area contributed by atoms with Gasteiger partial charge < -0.3 is 10.1 Å². The van der Waals surface area contributed by atoms with Crippen LogP contribution in [0.3, 0.4) is 0 Å². The van der Waals surface area contributed by atoms with Gasteiger partial charge in [-0.2, -0.15) is 0 Å². The predicted molar refractivity (Wildman–Crippen MR) is 81.0 cm³/mol. The molecule has 1 heterocycles. The highest BCUT2D eigenvalue weighted by Gasteiger charge is 2.29. The number of ether oxygens (including phenoxy) is 1. The summed E-state index contributed by atoms with van der Waals surface area (Å²) in [6.45, 7) is 2.17. The van der Waals surface area contributed by atoms with Crippen molar-refractivity contribution in [1.29, 1.82) is 0 Å². The van der Waals surface area contributed by atoms with E-state index in [1.54, 1.807) is 0 Å². The van der Waals surface area contributed by atoms with E-state index >= 15 is 0 Å². The number of anilines is 1. The number of methoxy groups -OCH3 is 1. The first-order valence-electron chi connectivity index (χ1n) is 6.25. The van der Waals surface area contributed by atoms with E-state index in [0.29, 0.717) is 16.5 Å². The molecule has 0 aromatic carbocycles. The van der Waals surface area contributed by atoms with Gasteiger partial charge >= 0.3 is 5.97 Å². The van der Waals surface area contributed by atoms with Gasteiger partial charge in [0.25, 0.3) is 5.91 Å². The summed E-state index contributed by atoms with van der Waals surface area (Å²) in [7, 11) is 1.33. The van der Waals surface area contributed by atoms with Gasteiger partial charge in [0.15, 0.2) is 4.84 Å². The lowest BCUT2D eigenvalue weighted by molar-refractivity contribution is -0.114. The number of carbonyl (C=O) groups is 2. The summed E-state index contributed by atoms with van der Waals surface area (Å²) in [4.78, 5) is 23.6. The molecule has 1 aliphatic carbocycles. The first kappa shape index (κ1) is 15.6. The van der Waals surface area contributed by atoms with Crippen molar-refractivity contribution in [1.82, 2.24) is 0 Å². The van der Waals surface area contributed by atoms with Crippen LogP contribution in [0.4, 0.5) is 5.00 Å². The Morgan fingerprint density at radius 2 is 2.15 bits per heavy atom. The van der Waals surface area contributed by atoms with Crippen molar-refractivity contribution in [2.24, 2.45) is 5.92 Å². The average molecular weight is 336 g/mol. The van der Waals surface area contributed by atoms with Crippen molar-refractivity contribution in [2.45, 2.75) is 31.0 Å². The van der Waals surface area contributed by atoms with E-state index < -0.39 is 16.7 Å². The third-order valence-corrected chi connectivity index (χ3v) is 4.90. The molecule has 1 aliphatic rings. The van der Waals surface area contributed by atoms with Gasteiger partial charge in [-0.3, -0.25) is 4.79 Å². The zero-order valence-electron chi connectivity index (χ0n) is 11.2. The molecule has 110 valence electrons. The maximum Gasteiger partial charge on any atom is 0.341 e.